The van der Waals surface area contributed by atoms with Gasteiger partial charge in [-0.1, -0.05) is 35.3 Å². The second-order valence-electron chi connectivity index (χ2n) is 6.15. The van der Waals surface area contributed by atoms with E-state index >= 15 is 0 Å². The van der Waals surface area contributed by atoms with Crippen molar-refractivity contribution < 1.29 is 14.3 Å². The van der Waals surface area contributed by atoms with Crippen molar-refractivity contribution in [2.24, 2.45) is 0 Å². The summed E-state index contributed by atoms with van der Waals surface area (Å²) in [4.78, 5) is 32.7. The second-order valence-corrected chi connectivity index (χ2v) is 7.85. The zero-order valence-electron chi connectivity index (χ0n) is 15.4. The number of nitrogens with zero attached hydrogens (tertiary/aromatic N) is 2. The molecular weight excluding hydrogens is 433 g/mol. The van der Waals surface area contributed by atoms with Crippen LogP contribution in [-0.4, -0.2) is 28.5 Å². The smallest absolute Gasteiger partial charge is 0.312 e. The van der Waals surface area contributed by atoms with Gasteiger partial charge < -0.3 is 10.1 Å². The molecule has 0 fully saturated rings. The first-order valence-electron chi connectivity index (χ1n) is 8.68. The molecule has 1 N–H and O–H groups in total. The van der Waals surface area contributed by atoms with Crippen LogP contribution in [0.5, 0.6) is 0 Å². The summed E-state index contributed by atoms with van der Waals surface area (Å²) in [5, 5.41) is 6.20. The zero-order chi connectivity index (χ0) is 20.8. The molecule has 1 amide bonds. The Labute approximate surface area is 181 Å². The Kier molecular flexibility index (Phi) is 7.19. The third-order valence-corrected chi connectivity index (χ3v) is 5.41. The predicted octanol–water partition coefficient (Wildman–Crippen LogP) is 4.48. The Morgan fingerprint density at radius 1 is 1.24 bits per heavy atom. The third kappa shape index (κ3) is 6.00. The SMILES string of the molecule is CC(NC(=O)COC(=O)Cc1csc(-c2ccccn2)n1)c1ccc(Cl)cc1Cl. The number of carbonyl (C=O) groups excluding carboxylic acids is 2. The Morgan fingerprint density at radius 2 is 2.07 bits per heavy atom. The highest BCUT2D eigenvalue weighted by Crippen LogP contribution is 2.26. The molecule has 0 spiro atoms. The number of esters is 1. The van der Waals surface area contributed by atoms with E-state index in [2.05, 4.69) is 15.3 Å². The average molecular weight is 450 g/mol. The Morgan fingerprint density at radius 3 is 2.79 bits per heavy atom. The number of hydrogen-bond donors (Lipinski definition) is 1. The molecule has 0 aliphatic rings. The van der Waals surface area contributed by atoms with E-state index in [0.29, 0.717) is 15.7 Å². The van der Waals surface area contributed by atoms with Crippen molar-refractivity contribution in [2.45, 2.75) is 19.4 Å². The number of thiazole rings is 1. The van der Waals surface area contributed by atoms with Crippen LogP contribution in [0.15, 0.2) is 48.0 Å². The number of benzene rings is 1. The molecule has 9 heteroatoms. The van der Waals surface area contributed by atoms with Crippen molar-refractivity contribution in [1.82, 2.24) is 15.3 Å². The number of aromatic nitrogens is 2. The maximum atomic E-state index is 12.1. The summed E-state index contributed by atoms with van der Waals surface area (Å²) >= 11 is 13.4. The van der Waals surface area contributed by atoms with Gasteiger partial charge in [-0.05, 0) is 36.8 Å². The zero-order valence-corrected chi connectivity index (χ0v) is 17.7. The third-order valence-electron chi connectivity index (χ3n) is 3.93. The fraction of sp³-hybridized carbons (Fsp3) is 0.200. The van der Waals surface area contributed by atoms with Crippen LogP contribution < -0.4 is 5.32 Å². The molecule has 0 saturated carbocycles. The van der Waals surface area contributed by atoms with Crippen LogP contribution in [0, 0.1) is 0 Å². The van der Waals surface area contributed by atoms with E-state index in [1.807, 2.05) is 18.2 Å². The molecule has 29 heavy (non-hydrogen) atoms. The van der Waals surface area contributed by atoms with E-state index in [9.17, 15) is 9.59 Å². The van der Waals surface area contributed by atoms with Crippen LogP contribution >= 0.6 is 34.5 Å². The van der Waals surface area contributed by atoms with Crippen molar-refractivity contribution >= 4 is 46.4 Å². The normalized spacial score (nSPS) is 11.7. The van der Waals surface area contributed by atoms with Crippen LogP contribution in [0.3, 0.4) is 0 Å². The van der Waals surface area contributed by atoms with E-state index in [0.717, 1.165) is 16.3 Å². The lowest BCUT2D eigenvalue weighted by Gasteiger charge is -2.16. The first kappa shape index (κ1) is 21.2. The maximum Gasteiger partial charge on any atom is 0.312 e. The van der Waals surface area contributed by atoms with Gasteiger partial charge >= 0.3 is 5.97 Å². The number of pyridine rings is 1. The van der Waals surface area contributed by atoms with Gasteiger partial charge in [0, 0.05) is 21.6 Å². The van der Waals surface area contributed by atoms with Crippen LogP contribution in [0.2, 0.25) is 10.0 Å². The van der Waals surface area contributed by atoms with Crippen LogP contribution in [0.1, 0.15) is 24.2 Å². The molecule has 2 aromatic heterocycles. The number of ether oxygens (including phenoxy) is 1. The van der Waals surface area contributed by atoms with Gasteiger partial charge in [0.1, 0.15) is 5.01 Å². The van der Waals surface area contributed by atoms with E-state index in [1.165, 1.54) is 11.3 Å². The van der Waals surface area contributed by atoms with Gasteiger partial charge in [0.2, 0.25) is 0 Å². The molecule has 0 saturated heterocycles. The number of halogens is 2. The van der Waals surface area contributed by atoms with E-state index in [1.54, 1.807) is 36.7 Å². The number of rotatable bonds is 7. The fourth-order valence-corrected chi connectivity index (χ4v) is 3.92. The summed E-state index contributed by atoms with van der Waals surface area (Å²) < 4.78 is 5.05. The topological polar surface area (TPSA) is 81.2 Å². The number of amides is 1. The molecule has 150 valence electrons. The minimum Gasteiger partial charge on any atom is -0.455 e. The van der Waals surface area contributed by atoms with Crippen molar-refractivity contribution in [3.8, 4) is 10.7 Å². The summed E-state index contributed by atoms with van der Waals surface area (Å²) in [5.41, 5.74) is 2.04. The standard InChI is InChI=1S/C20H17Cl2N3O3S/c1-12(15-6-5-13(21)8-16(15)22)24-18(26)10-28-19(27)9-14-11-29-20(25-14)17-4-2-3-7-23-17/h2-8,11-12H,9-10H2,1H3,(H,24,26). The minimum absolute atomic E-state index is 0.0187. The van der Waals surface area contributed by atoms with Gasteiger partial charge in [0.05, 0.1) is 23.9 Å². The molecule has 2 heterocycles. The predicted molar refractivity (Wildman–Crippen MR) is 113 cm³/mol. The van der Waals surface area contributed by atoms with Crippen molar-refractivity contribution in [2.75, 3.05) is 6.61 Å². The molecule has 6 nitrogen and oxygen atoms in total. The van der Waals surface area contributed by atoms with E-state index < -0.39 is 11.9 Å². The lowest BCUT2D eigenvalue weighted by Crippen LogP contribution is -2.31. The van der Waals surface area contributed by atoms with Gasteiger partial charge in [-0.25, -0.2) is 4.98 Å². The highest BCUT2D eigenvalue weighted by atomic mass is 35.5. The Bertz CT molecular complexity index is 1010. The highest BCUT2D eigenvalue weighted by Gasteiger charge is 2.16. The summed E-state index contributed by atoms with van der Waals surface area (Å²) in [5.74, 6) is -0.959. The highest BCUT2D eigenvalue weighted by molar-refractivity contribution is 7.13. The Balaban J connectivity index is 1.48. The summed E-state index contributed by atoms with van der Waals surface area (Å²) in [7, 11) is 0. The quantitative estimate of drug-likeness (QED) is 0.537. The lowest BCUT2D eigenvalue weighted by atomic mass is 10.1. The molecule has 0 aliphatic carbocycles. The summed E-state index contributed by atoms with van der Waals surface area (Å²) in [6.45, 7) is 1.40. The van der Waals surface area contributed by atoms with Crippen LogP contribution in [-0.2, 0) is 20.7 Å². The first-order valence-corrected chi connectivity index (χ1v) is 10.3. The van der Waals surface area contributed by atoms with Crippen molar-refractivity contribution in [3.05, 3.63) is 69.3 Å². The van der Waals surface area contributed by atoms with Crippen LogP contribution in [0.25, 0.3) is 10.7 Å². The molecule has 3 aromatic rings. The molecular formula is C20H17Cl2N3O3S. The van der Waals surface area contributed by atoms with Crippen molar-refractivity contribution in [3.63, 3.8) is 0 Å². The molecule has 0 aliphatic heterocycles. The van der Waals surface area contributed by atoms with E-state index in [-0.39, 0.29) is 19.1 Å². The summed E-state index contributed by atoms with van der Waals surface area (Å²) in [6.07, 6.45) is 1.66. The number of hydrogen-bond acceptors (Lipinski definition) is 6. The summed E-state index contributed by atoms with van der Waals surface area (Å²) in [6, 6.07) is 10.2. The second kappa shape index (κ2) is 9.82. The van der Waals surface area contributed by atoms with Gasteiger partial charge in [-0.15, -0.1) is 11.3 Å². The van der Waals surface area contributed by atoms with Gasteiger partial charge in [0.15, 0.2) is 6.61 Å². The lowest BCUT2D eigenvalue weighted by molar-refractivity contribution is -0.148. The molecule has 1 atom stereocenters. The van der Waals surface area contributed by atoms with Crippen LogP contribution in [0.4, 0.5) is 0 Å². The largest absolute Gasteiger partial charge is 0.455 e. The molecule has 1 unspecified atom stereocenters. The number of carbonyl (C=O) groups is 2. The number of nitrogens with one attached hydrogen (secondary N) is 1. The monoisotopic (exact) mass is 449 g/mol. The minimum atomic E-state index is -0.532. The van der Waals surface area contributed by atoms with E-state index in [4.69, 9.17) is 27.9 Å². The van der Waals surface area contributed by atoms with Gasteiger partial charge in [-0.2, -0.15) is 0 Å². The first-order chi connectivity index (χ1) is 13.9. The molecule has 3 rings (SSSR count). The average Bonchev–Trinajstić information content (AvgIpc) is 3.15. The fourth-order valence-electron chi connectivity index (χ4n) is 2.55. The maximum absolute atomic E-state index is 12.1. The molecule has 0 bridgehead atoms. The molecule has 1 aromatic carbocycles. The van der Waals surface area contributed by atoms with Gasteiger partial charge in [0.25, 0.3) is 5.91 Å². The Hall–Kier alpha value is -2.48. The van der Waals surface area contributed by atoms with Gasteiger partial charge in [-0.3, -0.25) is 14.6 Å². The van der Waals surface area contributed by atoms with Crippen molar-refractivity contribution in [1.29, 1.82) is 0 Å². The molecule has 0 radical (unpaired) electrons.